The van der Waals surface area contributed by atoms with Crippen LogP contribution in [0.5, 0.6) is 0 Å². The number of rotatable bonds is 44. The Morgan fingerprint density at radius 2 is 0.706 bits per heavy atom. The first-order valence-corrected chi connectivity index (χ1v) is 23.3. The van der Waals surface area contributed by atoms with Crippen molar-refractivity contribution in [3.63, 3.8) is 0 Å². The van der Waals surface area contributed by atoms with Gasteiger partial charge in [0.2, 0.25) is 0 Å². The SMILES string of the molecule is CCCCCCCC/C=C\CCCCCCCCOC(CCCCCCC/C=C\CCCCCCCC)CCCCCCCCCCCC(=O)O. The van der Waals surface area contributed by atoms with E-state index in [1.54, 1.807) is 0 Å². The molecule has 51 heavy (non-hydrogen) atoms. The second-order valence-electron chi connectivity index (χ2n) is 15.9. The van der Waals surface area contributed by atoms with E-state index in [9.17, 15) is 4.79 Å². The summed E-state index contributed by atoms with van der Waals surface area (Å²) in [4.78, 5) is 10.6. The molecule has 0 amide bonds. The third-order valence-electron chi connectivity index (χ3n) is 10.7. The molecule has 302 valence electrons. The average Bonchev–Trinajstić information content (AvgIpc) is 3.12. The highest BCUT2D eigenvalue weighted by molar-refractivity contribution is 5.66. The van der Waals surface area contributed by atoms with Crippen molar-refractivity contribution in [2.24, 2.45) is 0 Å². The molecule has 3 nitrogen and oxygen atoms in total. The second-order valence-corrected chi connectivity index (χ2v) is 15.9. The second kappa shape index (κ2) is 45.1. The Morgan fingerprint density at radius 3 is 1.06 bits per heavy atom. The lowest BCUT2D eigenvalue weighted by Gasteiger charge is -2.18. The Kier molecular flexibility index (Phi) is 44.1. The lowest BCUT2D eigenvalue weighted by atomic mass is 10.0. The Morgan fingerprint density at radius 1 is 0.412 bits per heavy atom. The maximum Gasteiger partial charge on any atom is 0.303 e. The van der Waals surface area contributed by atoms with E-state index < -0.39 is 5.97 Å². The topological polar surface area (TPSA) is 46.5 Å². The molecular formula is C48H92O3. The van der Waals surface area contributed by atoms with Crippen LogP contribution in [-0.2, 0) is 9.53 Å². The highest BCUT2D eigenvalue weighted by atomic mass is 16.5. The molecule has 0 saturated carbocycles. The van der Waals surface area contributed by atoms with Crippen LogP contribution in [0.2, 0.25) is 0 Å². The van der Waals surface area contributed by atoms with Gasteiger partial charge in [0.15, 0.2) is 0 Å². The van der Waals surface area contributed by atoms with Crippen LogP contribution in [0, 0.1) is 0 Å². The minimum absolute atomic E-state index is 0.331. The molecule has 0 aromatic carbocycles. The summed E-state index contributed by atoms with van der Waals surface area (Å²) in [6.07, 6.45) is 60.7. The maximum absolute atomic E-state index is 10.6. The Bertz CT molecular complexity index is 713. The van der Waals surface area contributed by atoms with E-state index in [4.69, 9.17) is 9.84 Å². The summed E-state index contributed by atoms with van der Waals surface area (Å²) in [7, 11) is 0. The molecule has 0 rings (SSSR count). The molecule has 0 aliphatic rings. The van der Waals surface area contributed by atoms with Gasteiger partial charge in [0.05, 0.1) is 6.10 Å². The number of hydrogen-bond donors (Lipinski definition) is 1. The van der Waals surface area contributed by atoms with Crippen LogP contribution in [0.15, 0.2) is 24.3 Å². The summed E-state index contributed by atoms with van der Waals surface area (Å²) in [5, 5.41) is 8.77. The molecule has 0 fully saturated rings. The van der Waals surface area contributed by atoms with Gasteiger partial charge >= 0.3 is 5.97 Å². The van der Waals surface area contributed by atoms with Gasteiger partial charge in [-0.2, -0.15) is 0 Å². The fourth-order valence-electron chi connectivity index (χ4n) is 7.24. The lowest BCUT2D eigenvalue weighted by Crippen LogP contribution is -2.14. The highest BCUT2D eigenvalue weighted by Gasteiger charge is 2.09. The Hall–Kier alpha value is -1.09. The molecule has 0 saturated heterocycles. The number of allylic oxidation sites excluding steroid dienone is 4. The predicted molar refractivity (Wildman–Crippen MR) is 227 cm³/mol. The van der Waals surface area contributed by atoms with Gasteiger partial charge < -0.3 is 9.84 Å². The summed E-state index contributed by atoms with van der Waals surface area (Å²) >= 11 is 0. The van der Waals surface area contributed by atoms with E-state index >= 15 is 0 Å². The molecule has 0 heterocycles. The summed E-state index contributed by atoms with van der Waals surface area (Å²) in [6, 6.07) is 0. The fraction of sp³-hybridized carbons (Fsp3) is 0.896. The van der Waals surface area contributed by atoms with Crippen LogP contribution in [0.4, 0.5) is 0 Å². The molecule has 0 aromatic heterocycles. The van der Waals surface area contributed by atoms with Crippen molar-refractivity contribution in [2.75, 3.05) is 6.61 Å². The number of carboxylic acids is 1. The first kappa shape index (κ1) is 49.9. The molecule has 0 bridgehead atoms. The molecule has 0 aliphatic heterocycles. The van der Waals surface area contributed by atoms with Crippen LogP contribution >= 0.6 is 0 Å². The zero-order chi connectivity index (χ0) is 37.0. The normalized spacial score (nSPS) is 12.5. The highest BCUT2D eigenvalue weighted by Crippen LogP contribution is 2.19. The molecule has 0 aliphatic carbocycles. The van der Waals surface area contributed by atoms with E-state index in [2.05, 4.69) is 38.2 Å². The van der Waals surface area contributed by atoms with Gasteiger partial charge in [0.25, 0.3) is 0 Å². The third kappa shape index (κ3) is 45.0. The van der Waals surface area contributed by atoms with E-state index in [1.807, 2.05) is 0 Å². The van der Waals surface area contributed by atoms with Crippen LogP contribution in [0.1, 0.15) is 264 Å². The average molecular weight is 717 g/mol. The van der Waals surface area contributed by atoms with Gasteiger partial charge in [-0.1, -0.05) is 205 Å². The summed E-state index contributed by atoms with van der Waals surface area (Å²) < 4.78 is 6.52. The molecule has 1 N–H and O–H groups in total. The van der Waals surface area contributed by atoms with Crippen molar-refractivity contribution < 1.29 is 14.6 Å². The van der Waals surface area contributed by atoms with Gasteiger partial charge in [-0.15, -0.1) is 0 Å². The third-order valence-corrected chi connectivity index (χ3v) is 10.7. The van der Waals surface area contributed by atoms with Crippen molar-refractivity contribution >= 4 is 5.97 Å². The van der Waals surface area contributed by atoms with Crippen molar-refractivity contribution in [1.82, 2.24) is 0 Å². The molecule has 0 spiro atoms. The smallest absolute Gasteiger partial charge is 0.303 e. The quantitative estimate of drug-likeness (QED) is 0.0504. The largest absolute Gasteiger partial charge is 0.481 e. The number of carbonyl (C=O) groups is 1. The summed E-state index contributed by atoms with van der Waals surface area (Å²) in [5.41, 5.74) is 0. The van der Waals surface area contributed by atoms with E-state index in [0.717, 1.165) is 19.4 Å². The number of hydrogen-bond acceptors (Lipinski definition) is 2. The van der Waals surface area contributed by atoms with Crippen LogP contribution in [0.25, 0.3) is 0 Å². The fourth-order valence-corrected chi connectivity index (χ4v) is 7.24. The molecule has 0 radical (unpaired) electrons. The van der Waals surface area contributed by atoms with Crippen molar-refractivity contribution in [3.05, 3.63) is 24.3 Å². The van der Waals surface area contributed by atoms with Crippen molar-refractivity contribution in [2.45, 2.75) is 270 Å². The van der Waals surface area contributed by atoms with Crippen LogP contribution in [0.3, 0.4) is 0 Å². The lowest BCUT2D eigenvalue weighted by molar-refractivity contribution is -0.137. The Balaban J connectivity index is 4.00. The van der Waals surface area contributed by atoms with Gasteiger partial charge in [-0.3, -0.25) is 4.79 Å². The van der Waals surface area contributed by atoms with Crippen molar-refractivity contribution in [1.29, 1.82) is 0 Å². The molecule has 0 aromatic rings. The zero-order valence-electron chi connectivity index (χ0n) is 34.9. The zero-order valence-corrected chi connectivity index (χ0v) is 34.9. The van der Waals surface area contributed by atoms with Crippen molar-refractivity contribution in [3.8, 4) is 0 Å². The number of ether oxygens (including phenoxy) is 1. The molecular weight excluding hydrogens is 625 g/mol. The van der Waals surface area contributed by atoms with E-state index in [0.29, 0.717) is 12.5 Å². The predicted octanol–water partition coefficient (Wildman–Crippen LogP) is 16.8. The molecule has 1 atom stereocenters. The van der Waals surface area contributed by atoms with Gasteiger partial charge in [0, 0.05) is 13.0 Å². The van der Waals surface area contributed by atoms with Gasteiger partial charge in [-0.25, -0.2) is 0 Å². The first-order chi connectivity index (χ1) is 25.2. The minimum atomic E-state index is -0.655. The number of aliphatic carboxylic acids is 1. The minimum Gasteiger partial charge on any atom is -0.481 e. The molecule has 3 heteroatoms. The van der Waals surface area contributed by atoms with E-state index in [-0.39, 0.29) is 0 Å². The van der Waals surface area contributed by atoms with Crippen LogP contribution < -0.4 is 0 Å². The molecule has 1 unspecified atom stereocenters. The first-order valence-electron chi connectivity index (χ1n) is 23.3. The Labute approximate surface area is 321 Å². The summed E-state index contributed by atoms with van der Waals surface area (Å²) in [6.45, 7) is 5.54. The standard InChI is InChI=1S/C48H92O3/c1-3-5-7-9-11-13-15-17-19-21-23-25-30-34-38-42-46-51-47(44-40-36-32-28-26-29-33-37-41-45-48(49)50)43-39-35-31-27-24-22-20-18-16-14-12-10-8-6-4-2/h17-20,47H,3-16,21-46H2,1-2H3,(H,49,50)/b19-17-,20-18-. The maximum atomic E-state index is 10.6. The monoisotopic (exact) mass is 717 g/mol. The summed E-state index contributed by atoms with van der Waals surface area (Å²) in [5.74, 6) is -0.655. The number of carboxylic acid groups (broad SMARTS) is 1. The van der Waals surface area contributed by atoms with Gasteiger partial charge in [0.1, 0.15) is 0 Å². The number of unbranched alkanes of at least 4 members (excludes halogenated alkanes) is 31. The van der Waals surface area contributed by atoms with Crippen LogP contribution in [-0.4, -0.2) is 23.8 Å². The van der Waals surface area contributed by atoms with Gasteiger partial charge in [-0.05, 0) is 77.0 Å². The van der Waals surface area contributed by atoms with E-state index in [1.165, 1.54) is 231 Å².